The monoisotopic (exact) mass is 273 g/mol. The highest BCUT2D eigenvalue weighted by molar-refractivity contribution is 7.16. The fourth-order valence-electron chi connectivity index (χ4n) is 1.67. The second-order valence-corrected chi connectivity index (χ2v) is 5.28. The average Bonchev–Trinajstić information content (AvgIpc) is 2.71. The molecule has 0 saturated carbocycles. The van der Waals surface area contributed by atoms with Crippen LogP contribution in [0.4, 0.5) is 8.78 Å². The van der Waals surface area contributed by atoms with Gasteiger partial charge in [0.25, 0.3) is 0 Å². The predicted molar refractivity (Wildman–Crippen MR) is 66.6 cm³/mol. The first-order valence-corrected chi connectivity index (χ1v) is 6.18. The molecule has 0 aliphatic rings. The summed E-state index contributed by atoms with van der Waals surface area (Å²) in [6.45, 7) is 0. The van der Waals surface area contributed by atoms with Crippen molar-refractivity contribution in [2.24, 2.45) is 0 Å². The number of nitrogens with one attached hydrogen (secondary N) is 1. The van der Waals surface area contributed by atoms with Gasteiger partial charge in [0.15, 0.2) is 0 Å². The quantitative estimate of drug-likeness (QED) is 0.892. The molecule has 1 aromatic heterocycles. The zero-order valence-corrected chi connectivity index (χ0v) is 10.6. The van der Waals surface area contributed by atoms with Gasteiger partial charge in [-0.15, -0.1) is 11.3 Å². The van der Waals surface area contributed by atoms with Crippen LogP contribution in [0.5, 0.6) is 0 Å². The molecule has 1 nitrogen and oxygen atoms in total. The number of benzene rings is 1. The lowest BCUT2D eigenvalue weighted by atomic mass is 10.0. The van der Waals surface area contributed by atoms with E-state index < -0.39 is 11.6 Å². The van der Waals surface area contributed by atoms with E-state index in [1.165, 1.54) is 17.4 Å². The fraction of sp³-hybridized carbons (Fsp3) is 0.167. The minimum atomic E-state index is -0.454. The summed E-state index contributed by atoms with van der Waals surface area (Å²) in [5.74, 6) is -0.889. The summed E-state index contributed by atoms with van der Waals surface area (Å²) in [7, 11) is 1.70. The van der Waals surface area contributed by atoms with Crippen LogP contribution in [0.25, 0.3) is 0 Å². The van der Waals surface area contributed by atoms with Gasteiger partial charge in [-0.1, -0.05) is 11.6 Å². The summed E-state index contributed by atoms with van der Waals surface area (Å²) >= 11 is 7.19. The highest BCUT2D eigenvalue weighted by atomic mass is 35.5. The van der Waals surface area contributed by atoms with Gasteiger partial charge in [0.1, 0.15) is 11.6 Å². The van der Waals surface area contributed by atoms with Gasteiger partial charge in [0.05, 0.1) is 10.4 Å². The number of hydrogen-bond acceptors (Lipinski definition) is 2. The van der Waals surface area contributed by atoms with E-state index in [4.69, 9.17) is 11.6 Å². The molecule has 0 fully saturated rings. The SMILES string of the molecule is CNC(c1ccc(Cl)s1)c1cc(F)ccc1F. The van der Waals surface area contributed by atoms with Crippen LogP contribution in [0, 0.1) is 11.6 Å². The molecule has 17 heavy (non-hydrogen) atoms. The van der Waals surface area contributed by atoms with E-state index in [0.717, 1.165) is 17.0 Å². The molecule has 1 unspecified atom stereocenters. The Morgan fingerprint density at radius 2 is 2.00 bits per heavy atom. The maximum absolute atomic E-state index is 13.7. The third kappa shape index (κ3) is 2.65. The van der Waals surface area contributed by atoms with Gasteiger partial charge in [0.2, 0.25) is 0 Å². The van der Waals surface area contributed by atoms with Crippen molar-refractivity contribution in [3.63, 3.8) is 0 Å². The maximum Gasteiger partial charge on any atom is 0.128 e. The molecule has 1 N–H and O–H groups in total. The summed E-state index contributed by atoms with van der Waals surface area (Å²) in [6.07, 6.45) is 0. The summed E-state index contributed by atoms with van der Waals surface area (Å²) in [6, 6.07) is 6.59. The minimum Gasteiger partial charge on any atom is -0.309 e. The first-order chi connectivity index (χ1) is 8.11. The number of rotatable bonds is 3. The van der Waals surface area contributed by atoms with Crippen LogP contribution in [0.2, 0.25) is 4.34 Å². The van der Waals surface area contributed by atoms with Crippen LogP contribution in [-0.4, -0.2) is 7.05 Å². The highest BCUT2D eigenvalue weighted by Gasteiger charge is 2.18. The van der Waals surface area contributed by atoms with Gasteiger partial charge in [-0.2, -0.15) is 0 Å². The van der Waals surface area contributed by atoms with Crippen molar-refractivity contribution in [2.75, 3.05) is 7.05 Å². The molecular weight excluding hydrogens is 264 g/mol. The second-order valence-electron chi connectivity index (χ2n) is 3.53. The zero-order valence-electron chi connectivity index (χ0n) is 9.01. The molecule has 90 valence electrons. The Balaban J connectivity index is 2.45. The lowest BCUT2D eigenvalue weighted by Crippen LogP contribution is -2.18. The molecule has 0 bridgehead atoms. The summed E-state index contributed by atoms with van der Waals surface area (Å²) in [5.41, 5.74) is 0.283. The Morgan fingerprint density at radius 1 is 1.24 bits per heavy atom. The molecule has 1 aromatic carbocycles. The third-order valence-corrected chi connectivity index (χ3v) is 3.73. The van der Waals surface area contributed by atoms with E-state index in [0.29, 0.717) is 4.34 Å². The van der Waals surface area contributed by atoms with E-state index in [2.05, 4.69) is 5.32 Å². The van der Waals surface area contributed by atoms with Crippen molar-refractivity contribution in [1.82, 2.24) is 5.32 Å². The van der Waals surface area contributed by atoms with Crippen LogP contribution in [-0.2, 0) is 0 Å². The second kappa shape index (κ2) is 5.12. The third-order valence-electron chi connectivity index (χ3n) is 2.44. The molecule has 0 amide bonds. The number of thiophene rings is 1. The van der Waals surface area contributed by atoms with E-state index >= 15 is 0 Å². The van der Waals surface area contributed by atoms with Gasteiger partial charge in [-0.05, 0) is 37.4 Å². The van der Waals surface area contributed by atoms with Crippen LogP contribution < -0.4 is 5.32 Å². The van der Waals surface area contributed by atoms with Crippen molar-refractivity contribution >= 4 is 22.9 Å². The van der Waals surface area contributed by atoms with Gasteiger partial charge in [-0.25, -0.2) is 8.78 Å². The van der Waals surface area contributed by atoms with Crippen LogP contribution in [0.3, 0.4) is 0 Å². The van der Waals surface area contributed by atoms with E-state index in [9.17, 15) is 8.78 Å². The van der Waals surface area contributed by atoms with E-state index in [1.807, 2.05) is 0 Å². The van der Waals surface area contributed by atoms with Crippen molar-refractivity contribution in [1.29, 1.82) is 0 Å². The van der Waals surface area contributed by atoms with Crippen molar-refractivity contribution in [3.8, 4) is 0 Å². The zero-order chi connectivity index (χ0) is 12.4. The molecule has 0 radical (unpaired) electrons. The van der Waals surface area contributed by atoms with E-state index in [1.54, 1.807) is 19.2 Å². The molecule has 0 aliphatic heterocycles. The summed E-state index contributed by atoms with van der Waals surface area (Å²) < 4.78 is 27.4. The largest absolute Gasteiger partial charge is 0.309 e. The molecule has 0 saturated heterocycles. The Kier molecular flexibility index (Phi) is 3.76. The Labute approximate surface area is 107 Å². The lowest BCUT2D eigenvalue weighted by molar-refractivity contribution is 0.560. The standard InChI is InChI=1S/C12H10ClF2NS/c1-16-12(10-4-5-11(13)17-10)8-6-7(14)2-3-9(8)15/h2-6,12,16H,1H3. The lowest BCUT2D eigenvalue weighted by Gasteiger charge is -2.15. The molecule has 2 aromatic rings. The molecule has 0 aliphatic carbocycles. The van der Waals surface area contributed by atoms with Crippen LogP contribution >= 0.6 is 22.9 Å². The van der Waals surface area contributed by atoms with Crippen LogP contribution in [0.1, 0.15) is 16.5 Å². The maximum atomic E-state index is 13.7. The first-order valence-electron chi connectivity index (χ1n) is 4.99. The van der Waals surface area contributed by atoms with E-state index in [-0.39, 0.29) is 11.6 Å². The number of hydrogen-bond donors (Lipinski definition) is 1. The highest BCUT2D eigenvalue weighted by Crippen LogP contribution is 2.32. The fourth-order valence-corrected chi connectivity index (χ4v) is 2.86. The average molecular weight is 274 g/mol. The molecule has 1 atom stereocenters. The topological polar surface area (TPSA) is 12.0 Å². The van der Waals surface area contributed by atoms with Crippen molar-refractivity contribution < 1.29 is 8.78 Å². The van der Waals surface area contributed by atoms with Gasteiger partial charge in [0, 0.05) is 10.4 Å². The van der Waals surface area contributed by atoms with Crippen molar-refractivity contribution in [3.05, 3.63) is 56.7 Å². The predicted octanol–water partition coefficient (Wildman–Crippen LogP) is 3.99. The smallest absolute Gasteiger partial charge is 0.128 e. The first kappa shape index (κ1) is 12.5. The molecule has 2 rings (SSSR count). The number of halogens is 3. The van der Waals surface area contributed by atoms with Gasteiger partial charge in [-0.3, -0.25) is 0 Å². The summed E-state index contributed by atoms with van der Waals surface area (Å²) in [4.78, 5) is 0.849. The molecular formula is C12H10ClF2NS. The summed E-state index contributed by atoms with van der Waals surface area (Å²) in [5, 5.41) is 2.96. The molecule has 1 heterocycles. The normalized spacial score (nSPS) is 12.7. The van der Waals surface area contributed by atoms with Gasteiger partial charge >= 0.3 is 0 Å². The van der Waals surface area contributed by atoms with Gasteiger partial charge < -0.3 is 5.32 Å². The Hall–Kier alpha value is -0.970. The minimum absolute atomic E-state index is 0.283. The van der Waals surface area contributed by atoms with Crippen molar-refractivity contribution in [2.45, 2.75) is 6.04 Å². The van der Waals surface area contributed by atoms with Crippen LogP contribution in [0.15, 0.2) is 30.3 Å². The Morgan fingerprint density at radius 3 is 2.59 bits per heavy atom. The molecule has 5 heteroatoms. The Bertz CT molecular complexity index is 527. The molecule has 0 spiro atoms.